The summed E-state index contributed by atoms with van der Waals surface area (Å²) in [5.74, 6) is -3.88. The molecule has 0 heterocycles. The average molecular weight is 440 g/mol. The van der Waals surface area contributed by atoms with Crippen LogP contribution in [0.3, 0.4) is 0 Å². The van der Waals surface area contributed by atoms with Crippen molar-refractivity contribution in [3.05, 3.63) is 36.5 Å². The van der Waals surface area contributed by atoms with E-state index in [-0.39, 0.29) is 36.0 Å². The molecule has 0 aliphatic heterocycles. The Labute approximate surface area is 165 Å². The fourth-order valence-electron chi connectivity index (χ4n) is 1.16. The minimum atomic E-state index is -5.20. The number of carbonyl (C=O) groups is 3. The van der Waals surface area contributed by atoms with Crippen LogP contribution in [0.1, 0.15) is 19.3 Å². The first-order valence-electron chi connectivity index (χ1n) is 7.78. The van der Waals surface area contributed by atoms with Crippen molar-refractivity contribution in [1.29, 1.82) is 0 Å². The van der Waals surface area contributed by atoms with Crippen LogP contribution in [-0.2, 0) is 47.6 Å². The van der Waals surface area contributed by atoms with Gasteiger partial charge in [0, 0.05) is 55.8 Å². The van der Waals surface area contributed by atoms with Crippen molar-refractivity contribution in [3.63, 3.8) is 0 Å². The molecule has 14 heteroatoms. The van der Waals surface area contributed by atoms with Gasteiger partial charge in [0.15, 0.2) is 0 Å². The summed E-state index contributed by atoms with van der Waals surface area (Å²) in [6.45, 7) is 8.41. The van der Waals surface area contributed by atoms with Crippen molar-refractivity contribution in [2.75, 3.05) is 19.8 Å². The molecule has 0 aliphatic carbocycles. The number of aliphatic hydroxyl groups is 3. The molecule has 0 unspecified atom stereocenters. The Morgan fingerprint density at radius 3 is 1.07 bits per heavy atom. The maximum atomic E-state index is 12.3. The molecule has 0 aromatic heterocycles. The number of hydrogen-bond acceptors (Lipinski definition) is 13. The first-order valence-corrected chi connectivity index (χ1v) is 9.24. The first kappa shape index (κ1) is 26.6. The van der Waals surface area contributed by atoms with Crippen LogP contribution in [0.15, 0.2) is 36.5 Å². The third kappa shape index (κ3) is 10.7. The summed E-state index contributed by atoms with van der Waals surface area (Å²) in [6, 6.07) is 0. The lowest BCUT2D eigenvalue weighted by atomic mass is 10.2. The van der Waals surface area contributed by atoms with Gasteiger partial charge in [-0.3, -0.25) is 14.7 Å². The van der Waals surface area contributed by atoms with E-state index in [0.717, 1.165) is 0 Å². The van der Waals surface area contributed by atoms with E-state index >= 15 is 0 Å². The van der Waals surface area contributed by atoms with Gasteiger partial charge in [0.05, 0.1) is 0 Å². The monoisotopic (exact) mass is 440 g/mol. The number of phosphoric acid groups is 1. The Morgan fingerprint density at radius 2 is 0.862 bits per heavy atom. The fraction of sp³-hybridized carbons (Fsp3) is 0.400. The van der Waals surface area contributed by atoms with Crippen LogP contribution in [0.5, 0.6) is 0 Å². The van der Waals surface area contributed by atoms with Gasteiger partial charge in [0.1, 0.15) is 0 Å². The van der Waals surface area contributed by atoms with Crippen molar-refractivity contribution in [2.45, 2.75) is 19.3 Å². The quantitative estimate of drug-likeness (QED) is 0.137. The zero-order chi connectivity index (χ0) is 22.4. The van der Waals surface area contributed by atoms with E-state index in [1.165, 1.54) is 0 Å². The zero-order valence-corrected chi connectivity index (χ0v) is 16.1. The van der Waals surface area contributed by atoms with Crippen LogP contribution in [0.4, 0.5) is 0 Å². The molecule has 3 N–H and O–H groups in total. The Hall–Kier alpha value is -2.38. The van der Waals surface area contributed by atoms with Gasteiger partial charge in [-0.25, -0.2) is 18.9 Å². The number of carbonyl (C=O) groups excluding carboxylic acids is 3. The molecule has 13 nitrogen and oxygen atoms in total. The summed E-state index contributed by atoms with van der Waals surface area (Å²) in [7, 11) is -5.20. The molecule has 29 heavy (non-hydrogen) atoms. The van der Waals surface area contributed by atoms with E-state index in [9.17, 15) is 18.9 Å². The molecule has 0 aliphatic rings. The largest absolute Gasteiger partial charge is 0.584 e. The summed E-state index contributed by atoms with van der Waals surface area (Å²) >= 11 is 0. The molecule has 0 rings (SSSR count). The Morgan fingerprint density at radius 1 is 0.621 bits per heavy atom. The highest BCUT2D eigenvalue weighted by Gasteiger charge is 2.38. The highest BCUT2D eigenvalue weighted by atomic mass is 31.2. The molecule has 0 saturated carbocycles. The highest BCUT2D eigenvalue weighted by molar-refractivity contribution is 7.48. The molecule has 0 aromatic carbocycles. The van der Waals surface area contributed by atoms with E-state index in [2.05, 4.69) is 48.4 Å². The van der Waals surface area contributed by atoms with E-state index < -0.39 is 45.6 Å². The van der Waals surface area contributed by atoms with Crippen LogP contribution in [-0.4, -0.2) is 53.0 Å². The summed E-state index contributed by atoms with van der Waals surface area (Å²) in [5.41, 5.74) is -0.873. The van der Waals surface area contributed by atoms with Gasteiger partial charge in [-0.05, 0) is 0 Å². The molecule has 0 aromatic rings. The average Bonchev–Trinajstić information content (AvgIpc) is 2.69. The van der Waals surface area contributed by atoms with Crippen molar-refractivity contribution < 1.29 is 63.0 Å². The molecule has 0 saturated heterocycles. The summed E-state index contributed by atoms with van der Waals surface area (Å²) < 4.78 is 24.8. The van der Waals surface area contributed by atoms with Gasteiger partial charge < -0.3 is 15.3 Å². The standard InChI is InChI=1S/C15H21O13P/c1-10(4-7-16)13(19)23-26-29(22,27-24-14(20)11(2)5-8-17)28-25-15(21)12(3)6-9-18/h16-18H,1-9H2. The smallest absolute Gasteiger partial charge is 0.396 e. The maximum absolute atomic E-state index is 12.3. The lowest BCUT2D eigenvalue weighted by Gasteiger charge is -2.14. The van der Waals surface area contributed by atoms with Crippen LogP contribution >= 0.6 is 7.82 Å². The molecule has 0 amide bonds. The molecular formula is C15H21O13P. The molecule has 0 fully saturated rings. The van der Waals surface area contributed by atoms with E-state index in [0.29, 0.717) is 0 Å². The maximum Gasteiger partial charge on any atom is 0.584 e. The van der Waals surface area contributed by atoms with Crippen molar-refractivity contribution in [1.82, 2.24) is 0 Å². The van der Waals surface area contributed by atoms with Crippen molar-refractivity contribution in [3.8, 4) is 0 Å². The van der Waals surface area contributed by atoms with Crippen LogP contribution in [0.25, 0.3) is 0 Å². The third-order valence-corrected chi connectivity index (χ3v) is 3.49. The minimum Gasteiger partial charge on any atom is -0.396 e. The highest BCUT2D eigenvalue weighted by Crippen LogP contribution is 2.50. The molecular weight excluding hydrogens is 419 g/mol. The summed E-state index contributed by atoms with van der Waals surface area (Å²) in [6.07, 6.45) is -0.625. The second-order valence-corrected chi connectivity index (χ2v) is 6.36. The zero-order valence-electron chi connectivity index (χ0n) is 15.2. The van der Waals surface area contributed by atoms with Gasteiger partial charge in [0.25, 0.3) is 0 Å². The fourth-order valence-corrected chi connectivity index (χ4v) is 1.72. The number of aliphatic hydroxyl groups excluding tert-OH is 3. The van der Waals surface area contributed by atoms with E-state index in [4.69, 9.17) is 15.3 Å². The number of rotatable bonds is 15. The van der Waals surface area contributed by atoms with Crippen LogP contribution < -0.4 is 0 Å². The summed E-state index contributed by atoms with van der Waals surface area (Å²) in [5, 5.41) is 26.1. The lowest BCUT2D eigenvalue weighted by molar-refractivity contribution is -0.293. The summed E-state index contributed by atoms with van der Waals surface area (Å²) in [4.78, 5) is 47.1. The molecule has 0 bridgehead atoms. The SMILES string of the molecule is C=C(CCO)C(=O)OOP(=O)(OOC(=O)C(=C)CCO)OOC(=O)C(=C)CCO. The minimum absolute atomic E-state index is 0.208. The van der Waals surface area contributed by atoms with Gasteiger partial charge in [0.2, 0.25) is 0 Å². The van der Waals surface area contributed by atoms with Crippen LogP contribution in [0, 0.1) is 0 Å². The topological polar surface area (TPSA) is 184 Å². The van der Waals surface area contributed by atoms with Crippen molar-refractivity contribution >= 4 is 25.7 Å². The van der Waals surface area contributed by atoms with Crippen LogP contribution in [0.2, 0.25) is 0 Å². The van der Waals surface area contributed by atoms with Gasteiger partial charge in [-0.15, -0.1) is 0 Å². The predicted octanol–water partition coefficient (Wildman–Crippen LogP) is 0.335. The van der Waals surface area contributed by atoms with Gasteiger partial charge in [-0.2, -0.15) is 0 Å². The molecule has 0 atom stereocenters. The Bertz CT molecular complexity index is 593. The number of hydrogen-bond donors (Lipinski definition) is 3. The third-order valence-electron chi connectivity index (χ3n) is 2.72. The predicted molar refractivity (Wildman–Crippen MR) is 91.7 cm³/mol. The van der Waals surface area contributed by atoms with Gasteiger partial charge >= 0.3 is 25.7 Å². The molecule has 0 spiro atoms. The van der Waals surface area contributed by atoms with E-state index in [1.807, 2.05) is 0 Å². The Kier molecular flexibility index (Phi) is 12.6. The van der Waals surface area contributed by atoms with E-state index in [1.54, 1.807) is 0 Å². The lowest BCUT2D eigenvalue weighted by Crippen LogP contribution is -2.15. The van der Waals surface area contributed by atoms with Crippen molar-refractivity contribution in [2.24, 2.45) is 0 Å². The Balaban J connectivity index is 5.07. The first-order chi connectivity index (χ1) is 13.6. The normalized spacial score (nSPS) is 10.7. The second kappa shape index (κ2) is 13.7. The molecule has 164 valence electrons. The van der Waals surface area contributed by atoms with Gasteiger partial charge in [-0.1, -0.05) is 33.8 Å². The second-order valence-electron chi connectivity index (χ2n) is 5.01. The molecule has 0 radical (unpaired) electrons.